The Labute approximate surface area is 119 Å². The van der Waals surface area contributed by atoms with Crippen molar-refractivity contribution in [3.8, 4) is 6.07 Å². The normalized spacial score (nSPS) is 10.9. The highest BCUT2D eigenvalue weighted by Gasteiger charge is 2.22. The van der Waals surface area contributed by atoms with Gasteiger partial charge in [-0.15, -0.1) is 0 Å². The van der Waals surface area contributed by atoms with Gasteiger partial charge in [0.25, 0.3) is 10.0 Å². The Morgan fingerprint density at radius 2 is 1.71 bits per heavy atom. The fourth-order valence-corrected chi connectivity index (χ4v) is 2.73. The lowest BCUT2D eigenvalue weighted by atomic mass is 10.2. The topological polar surface area (TPSA) is 96.0 Å². The second-order valence-corrected chi connectivity index (χ2v) is 5.72. The van der Waals surface area contributed by atoms with E-state index < -0.39 is 32.2 Å². The molecule has 0 amide bonds. The molecule has 2 aromatic carbocycles. The first-order valence-electron chi connectivity index (χ1n) is 5.61. The van der Waals surface area contributed by atoms with Crippen molar-refractivity contribution in [3.05, 3.63) is 53.6 Å². The van der Waals surface area contributed by atoms with Crippen LogP contribution in [-0.2, 0) is 10.0 Å². The van der Waals surface area contributed by atoms with Crippen molar-refractivity contribution in [2.75, 3.05) is 10.5 Å². The summed E-state index contributed by atoms with van der Waals surface area (Å²) in [7, 11) is -4.26. The van der Waals surface area contributed by atoms with E-state index in [1.165, 1.54) is 24.3 Å². The number of nitrogens with zero attached hydrogens (tertiary/aromatic N) is 1. The summed E-state index contributed by atoms with van der Waals surface area (Å²) in [5, 5.41) is 8.64. The van der Waals surface area contributed by atoms with Crippen LogP contribution in [0.1, 0.15) is 5.56 Å². The largest absolute Gasteiger partial charge is 0.394 e. The van der Waals surface area contributed by atoms with Crippen molar-refractivity contribution in [3.63, 3.8) is 0 Å². The molecule has 2 rings (SSSR count). The van der Waals surface area contributed by atoms with Gasteiger partial charge in [-0.3, -0.25) is 4.72 Å². The molecule has 0 radical (unpaired) electrons. The van der Waals surface area contributed by atoms with E-state index in [1.807, 2.05) is 6.07 Å². The fourth-order valence-electron chi connectivity index (χ4n) is 1.58. The number of hydrogen-bond acceptors (Lipinski definition) is 4. The van der Waals surface area contributed by atoms with Gasteiger partial charge in [-0.25, -0.2) is 17.2 Å². The summed E-state index contributed by atoms with van der Waals surface area (Å²) in [6.45, 7) is 0. The molecule has 0 aromatic heterocycles. The maximum atomic E-state index is 13.8. The maximum absolute atomic E-state index is 13.8. The molecule has 21 heavy (non-hydrogen) atoms. The molecule has 0 saturated heterocycles. The number of benzene rings is 2. The lowest BCUT2D eigenvalue weighted by molar-refractivity contribution is 0.557. The third-order valence-electron chi connectivity index (χ3n) is 2.65. The zero-order valence-electron chi connectivity index (χ0n) is 10.5. The van der Waals surface area contributed by atoms with Crippen LogP contribution in [-0.4, -0.2) is 8.42 Å². The first kappa shape index (κ1) is 14.7. The van der Waals surface area contributed by atoms with E-state index in [2.05, 4.69) is 4.72 Å². The predicted molar refractivity (Wildman–Crippen MR) is 72.7 cm³/mol. The minimum Gasteiger partial charge on any atom is -0.394 e. The average molecular weight is 309 g/mol. The van der Waals surface area contributed by atoms with Gasteiger partial charge in [0.2, 0.25) is 0 Å². The van der Waals surface area contributed by atoms with Gasteiger partial charge < -0.3 is 5.73 Å². The molecule has 108 valence electrons. The third-order valence-corrected chi connectivity index (χ3v) is 4.05. The third kappa shape index (κ3) is 2.93. The Balaban J connectivity index is 2.39. The van der Waals surface area contributed by atoms with Crippen LogP contribution in [0.4, 0.5) is 20.2 Å². The summed E-state index contributed by atoms with van der Waals surface area (Å²) >= 11 is 0. The molecule has 0 spiro atoms. The van der Waals surface area contributed by atoms with Crippen molar-refractivity contribution in [2.24, 2.45) is 0 Å². The van der Waals surface area contributed by atoms with Crippen LogP contribution in [0.5, 0.6) is 0 Å². The van der Waals surface area contributed by atoms with Crippen molar-refractivity contribution >= 4 is 21.4 Å². The van der Waals surface area contributed by atoms with Crippen LogP contribution < -0.4 is 10.5 Å². The number of nitriles is 1. The minimum atomic E-state index is -4.26. The number of nitrogens with two attached hydrogens (primary N) is 1. The van der Waals surface area contributed by atoms with Crippen molar-refractivity contribution in [1.82, 2.24) is 0 Å². The van der Waals surface area contributed by atoms with Crippen LogP contribution in [0, 0.1) is 23.0 Å². The summed E-state index contributed by atoms with van der Waals surface area (Å²) < 4.78 is 53.0. The first-order chi connectivity index (χ1) is 9.85. The summed E-state index contributed by atoms with van der Waals surface area (Å²) in [6, 6.07) is 8.92. The Bertz CT molecular complexity index is 828. The van der Waals surface area contributed by atoms with Gasteiger partial charge in [-0.1, -0.05) is 0 Å². The molecule has 0 heterocycles. The second-order valence-electron chi connectivity index (χ2n) is 4.07. The van der Waals surface area contributed by atoms with E-state index in [0.29, 0.717) is 5.56 Å². The molecular weight excluding hydrogens is 300 g/mol. The molecule has 8 heteroatoms. The van der Waals surface area contributed by atoms with E-state index in [-0.39, 0.29) is 5.69 Å². The molecule has 0 aliphatic heterocycles. The summed E-state index contributed by atoms with van der Waals surface area (Å²) in [5.74, 6) is -2.39. The van der Waals surface area contributed by atoms with Gasteiger partial charge in [0, 0.05) is 5.69 Å². The van der Waals surface area contributed by atoms with Crippen LogP contribution in [0.2, 0.25) is 0 Å². The summed E-state index contributed by atoms with van der Waals surface area (Å²) in [4.78, 5) is -0.759. The molecule has 0 fully saturated rings. The standard InChI is InChI=1S/C13H9F2N3O2S/c14-10-5-6-11(12(15)13(10)17)21(19,20)18-9-3-1-8(7-16)2-4-9/h1-6,18H,17H2. The second kappa shape index (κ2) is 5.38. The van der Waals surface area contributed by atoms with Gasteiger partial charge in [0.1, 0.15) is 16.4 Å². The van der Waals surface area contributed by atoms with E-state index in [0.717, 1.165) is 12.1 Å². The Morgan fingerprint density at radius 3 is 2.29 bits per heavy atom. The maximum Gasteiger partial charge on any atom is 0.264 e. The van der Waals surface area contributed by atoms with Crippen molar-refractivity contribution < 1.29 is 17.2 Å². The highest BCUT2D eigenvalue weighted by atomic mass is 32.2. The van der Waals surface area contributed by atoms with E-state index in [9.17, 15) is 17.2 Å². The number of halogens is 2. The zero-order chi connectivity index (χ0) is 15.6. The van der Waals surface area contributed by atoms with E-state index in [4.69, 9.17) is 11.0 Å². The predicted octanol–water partition coefficient (Wildman–Crippen LogP) is 2.22. The van der Waals surface area contributed by atoms with Gasteiger partial charge in [-0.05, 0) is 36.4 Å². The van der Waals surface area contributed by atoms with Crippen LogP contribution in [0.25, 0.3) is 0 Å². The molecule has 0 aliphatic rings. The fraction of sp³-hybridized carbons (Fsp3) is 0. The summed E-state index contributed by atoms with van der Waals surface area (Å²) in [6.07, 6.45) is 0. The van der Waals surface area contributed by atoms with Gasteiger partial charge in [-0.2, -0.15) is 5.26 Å². The Kier molecular flexibility index (Phi) is 3.78. The number of sulfonamides is 1. The van der Waals surface area contributed by atoms with Crippen molar-refractivity contribution in [1.29, 1.82) is 5.26 Å². The monoisotopic (exact) mass is 309 g/mol. The zero-order valence-corrected chi connectivity index (χ0v) is 11.3. The molecule has 3 N–H and O–H groups in total. The first-order valence-corrected chi connectivity index (χ1v) is 7.10. The molecular formula is C13H9F2N3O2S. The lowest BCUT2D eigenvalue weighted by Crippen LogP contribution is -2.16. The summed E-state index contributed by atoms with van der Waals surface area (Å²) in [5.41, 5.74) is 4.75. The lowest BCUT2D eigenvalue weighted by Gasteiger charge is -2.10. The molecule has 2 aromatic rings. The number of nitrogen functional groups attached to an aromatic ring is 1. The highest BCUT2D eigenvalue weighted by molar-refractivity contribution is 7.92. The number of rotatable bonds is 3. The van der Waals surface area contributed by atoms with E-state index in [1.54, 1.807) is 0 Å². The SMILES string of the molecule is N#Cc1ccc(NS(=O)(=O)c2ccc(F)c(N)c2F)cc1. The van der Waals surface area contributed by atoms with Gasteiger partial charge in [0.15, 0.2) is 5.82 Å². The van der Waals surface area contributed by atoms with Crippen LogP contribution in [0.3, 0.4) is 0 Å². The smallest absolute Gasteiger partial charge is 0.264 e. The number of nitrogens with one attached hydrogen (secondary N) is 1. The van der Waals surface area contributed by atoms with E-state index >= 15 is 0 Å². The van der Waals surface area contributed by atoms with Crippen LogP contribution >= 0.6 is 0 Å². The molecule has 0 saturated carbocycles. The molecule has 0 bridgehead atoms. The Morgan fingerprint density at radius 1 is 1.10 bits per heavy atom. The minimum absolute atomic E-state index is 0.135. The Hall–Kier alpha value is -2.66. The average Bonchev–Trinajstić information content (AvgIpc) is 2.45. The highest BCUT2D eigenvalue weighted by Crippen LogP contribution is 2.24. The number of hydrogen-bond donors (Lipinski definition) is 2. The van der Waals surface area contributed by atoms with Crippen molar-refractivity contribution in [2.45, 2.75) is 4.90 Å². The molecule has 5 nitrogen and oxygen atoms in total. The quantitative estimate of drug-likeness (QED) is 0.850. The van der Waals surface area contributed by atoms with Crippen LogP contribution in [0.15, 0.2) is 41.3 Å². The molecule has 0 aliphatic carbocycles. The van der Waals surface area contributed by atoms with Gasteiger partial charge in [0.05, 0.1) is 11.6 Å². The molecule has 0 atom stereocenters. The molecule has 0 unspecified atom stereocenters. The van der Waals surface area contributed by atoms with Gasteiger partial charge >= 0.3 is 0 Å². The number of anilines is 2.